The first-order chi connectivity index (χ1) is 13.1. The number of carbonyl (C=O) groups is 3. The highest BCUT2D eigenvalue weighted by atomic mass is 79.9. The van der Waals surface area contributed by atoms with Crippen molar-refractivity contribution in [2.24, 2.45) is 0 Å². The number of nitrogens with zero attached hydrogens (tertiary/aromatic N) is 1. The Bertz CT molecular complexity index is 1060. The van der Waals surface area contributed by atoms with Crippen molar-refractivity contribution in [2.75, 3.05) is 10.2 Å². The number of halogens is 1. The van der Waals surface area contributed by atoms with Gasteiger partial charge in [-0.1, -0.05) is 30.3 Å². The van der Waals surface area contributed by atoms with Crippen molar-refractivity contribution in [1.29, 1.82) is 0 Å². The molecule has 0 bridgehead atoms. The Labute approximate surface area is 163 Å². The third-order valence-electron chi connectivity index (χ3n) is 4.27. The van der Waals surface area contributed by atoms with Gasteiger partial charge in [0.1, 0.15) is 0 Å². The summed E-state index contributed by atoms with van der Waals surface area (Å²) in [6.45, 7) is 0. The standard InChI is InChI=1S/C21H13BrN2O3/c22-18-11-4-3-10-17(18)19(25)23-13-6-5-7-14(12-13)24-20(26)15-8-1-2-9-16(15)21(24)27/h1-12H,(H,23,25). The lowest BCUT2D eigenvalue weighted by molar-refractivity contribution is 0.0925. The highest BCUT2D eigenvalue weighted by Crippen LogP contribution is 2.30. The molecule has 0 saturated heterocycles. The second kappa shape index (κ2) is 6.81. The fraction of sp³-hybridized carbons (Fsp3) is 0. The van der Waals surface area contributed by atoms with Crippen LogP contribution in [-0.2, 0) is 0 Å². The fourth-order valence-electron chi connectivity index (χ4n) is 2.99. The van der Waals surface area contributed by atoms with Crippen molar-refractivity contribution in [3.63, 3.8) is 0 Å². The van der Waals surface area contributed by atoms with Crippen molar-refractivity contribution in [2.45, 2.75) is 0 Å². The van der Waals surface area contributed by atoms with Gasteiger partial charge in [0, 0.05) is 10.2 Å². The number of rotatable bonds is 3. The molecule has 1 aliphatic heterocycles. The number of fused-ring (bicyclic) bond motifs is 1. The number of hydrogen-bond donors (Lipinski definition) is 1. The number of anilines is 2. The molecule has 0 atom stereocenters. The van der Waals surface area contributed by atoms with Crippen LogP contribution < -0.4 is 10.2 Å². The quantitative estimate of drug-likeness (QED) is 0.634. The van der Waals surface area contributed by atoms with E-state index in [4.69, 9.17) is 0 Å². The zero-order chi connectivity index (χ0) is 19.0. The Kier molecular flexibility index (Phi) is 4.33. The molecule has 3 aromatic carbocycles. The Balaban J connectivity index is 1.63. The highest BCUT2D eigenvalue weighted by Gasteiger charge is 2.36. The smallest absolute Gasteiger partial charge is 0.266 e. The molecular weight excluding hydrogens is 408 g/mol. The van der Waals surface area contributed by atoms with Crippen molar-refractivity contribution < 1.29 is 14.4 Å². The molecule has 0 radical (unpaired) electrons. The van der Waals surface area contributed by atoms with Gasteiger partial charge in [-0.3, -0.25) is 14.4 Å². The molecule has 0 saturated carbocycles. The maximum atomic E-state index is 12.6. The molecular formula is C21H13BrN2O3. The summed E-state index contributed by atoms with van der Waals surface area (Å²) < 4.78 is 0.680. The van der Waals surface area contributed by atoms with Crippen LogP contribution in [0.4, 0.5) is 11.4 Å². The summed E-state index contributed by atoms with van der Waals surface area (Å²) >= 11 is 3.35. The molecule has 1 heterocycles. The van der Waals surface area contributed by atoms with Gasteiger partial charge in [0.25, 0.3) is 17.7 Å². The molecule has 1 N–H and O–H groups in total. The number of hydrogen-bond acceptors (Lipinski definition) is 3. The molecule has 27 heavy (non-hydrogen) atoms. The fourth-order valence-corrected chi connectivity index (χ4v) is 3.46. The van der Waals surface area contributed by atoms with Gasteiger partial charge in [-0.15, -0.1) is 0 Å². The number of carbonyl (C=O) groups excluding carboxylic acids is 3. The van der Waals surface area contributed by atoms with Gasteiger partial charge < -0.3 is 5.32 Å². The third kappa shape index (κ3) is 3.04. The minimum atomic E-state index is -0.370. The molecule has 0 unspecified atom stereocenters. The van der Waals surface area contributed by atoms with Gasteiger partial charge in [0.15, 0.2) is 0 Å². The van der Waals surface area contributed by atoms with Crippen molar-refractivity contribution >= 4 is 45.0 Å². The van der Waals surface area contributed by atoms with E-state index in [2.05, 4.69) is 21.2 Å². The van der Waals surface area contributed by atoms with E-state index in [1.165, 1.54) is 0 Å². The lowest BCUT2D eigenvalue weighted by atomic mass is 10.1. The second-order valence-electron chi connectivity index (χ2n) is 5.98. The maximum Gasteiger partial charge on any atom is 0.266 e. The van der Waals surface area contributed by atoms with Crippen LogP contribution >= 0.6 is 15.9 Å². The van der Waals surface area contributed by atoms with E-state index in [1.54, 1.807) is 66.7 Å². The molecule has 5 nitrogen and oxygen atoms in total. The maximum absolute atomic E-state index is 12.6. The van der Waals surface area contributed by atoms with Crippen molar-refractivity contribution in [3.8, 4) is 0 Å². The third-order valence-corrected chi connectivity index (χ3v) is 4.97. The normalized spacial score (nSPS) is 12.9. The summed E-state index contributed by atoms with van der Waals surface area (Å²) in [5.74, 6) is -1.03. The average molecular weight is 421 g/mol. The Hall–Kier alpha value is -3.25. The molecule has 0 fully saturated rings. The van der Waals surface area contributed by atoms with E-state index < -0.39 is 0 Å². The molecule has 3 amide bonds. The van der Waals surface area contributed by atoms with Crippen LogP contribution in [-0.4, -0.2) is 17.7 Å². The van der Waals surface area contributed by atoms with E-state index in [0.717, 1.165) is 4.90 Å². The van der Waals surface area contributed by atoms with Crippen LogP contribution in [0, 0.1) is 0 Å². The molecule has 1 aliphatic rings. The van der Waals surface area contributed by atoms with Gasteiger partial charge in [-0.05, 0) is 58.4 Å². The first-order valence-corrected chi connectivity index (χ1v) is 8.99. The number of nitrogens with one attached hydrogen (secondary N) is 1. The first kappa shape index (κ1) is 17.2. The average Bonchev–Trinajstić information content (AvgIpc) is 2.93. The number of amides is 3. The first-order valence-electron chi connectivity index (χ1n) is 8.20. The SMILES string of the molecule is O=C(Nc1cccc(N2C(=O)c3ccccc3C2=O)c1)c1ccccc1Br. The minimum absolute atomic E-state index is 0.290. The van der Waals surface area contributed by atoms with Crippen LogP contribution in [0.2, 0.25) is 0 Å². The molecule has 0 spiro atoms. The molecule has 0 aliphatic carbocycles. The predicted octanol–water partition coefficient (Wildman–Crippen LogP) is 4.50. The summed E-state index contributed by atoms with van der Waals surface area (Å²) in [4.78, 5) is 38.8. The van der Waals surface area contributed by atoms with Gasteiger partial charge >= 0.3 is 0 Å². The Morgan fingerprint density at radius 1 is 0.815 bits per heavy atom. The zero-order valence-corrected chi connectivity index (χ0v) is 15.6. The molecule has 6 heteroatoms. The van der Waals surface area contributed by atoms with Crippen molar-refractivity contribution in [1.82, 2.24) is 0 Å². The van der Waals surface area contributed by atoms with Gasteiger partial charge in [0.05, 0.1) is 22.4 Å². The van der Waals surface area contributed by atoms with Gasteiger partial charge in [0.2, 0.25) is 0 Å². The Morgan fingerprint density at radius 2 is 1.44 bits per heavy atom. The van der Waals surface area contributed by atoms with E-state index >= 15 is 0 Å². The van der Waals surface area contributed by atoms with Crippen LogP contribution in [0.15, 0.2) is 77.3 Å². The number of benzene rings is 3. The van der Waals surface area contributed by atoms with E-state index in [0.29, 0.717) is 32.5 Å². The lowest BCUT2D eigenvalue weighted by Crippen LogP contribution is -2.29. The van der Waals surface area contributed by atoms with E-state index in [9.17, 15) is 14.4 Å². The number of imide groups is 1. The highest BCUT2D eigenvalue weighted by molar-refractivity contribution is 9.10. The molecule has 0 aromatic heterocycles. The van der Waals surface area contributed by atoms with Crippen LogP contribution in [0.1, 0.15) is 31.1 Å². The summed E-state index contributed by atoms with van der Waals surface area (Å²) in [6.07, 6.45) is 0. The summed E-state index contributed by atoms with van der Waals surface area (Å²) in [7, 11) is 0. The predicted molar refractivity (Wildman–Crippen MR) is 106 cm³/mol. The van der Waals surface area contributed by atoms with Gasteiger partial charge in [-0.2, -0.15) is 0 Å². The molecule has 3 aromatic rings. The van der Waals surface area contributed by atoms with Crippen molar-refractivity contribution in [3.05, 3.63) is 94.0 Å². The van der Waals surface area contributed by atoms with E-state index in [1.807, 2.05) is 6.07 Å². The zero-order valence-electron chi connectivity index (χ0n) is 14.0. The van der Waals surface area contributed by atoms with Crippen LogP contribution in [0.25, 0.3) is 0 Å². The Morgan fingerprint density at radius 3 is 2.11 bits per heavy atom. The molecule has 132 valence electrons. The monoisotopic (exact) mass is 420 g/mol. The summed E-state index contributed by atoms with van der Waals surface area (Å²) in [5, 5.41) is 2.80. The minimum Gasteiger partial charge on any atom is -0.322 e. The van der Waals surface area contributed by atoms with Crippen LogP contribution in [0.5, 0.6) is 0 Å². The molecule has 4 rings (SSSR count). The topological polar surface area (TPSA) is 66.5 Å². The summed E-state index contributed by atoms with van der Waals surface area (Å²) in [5.41, 5.74) is 2.15. The lowest BCUT2D eigenvalue weighted by Gasteiger charge is -2.15. The van der Waals surface area contributed by atoms with Crippen LogP contribution in [0.3, 0.4) is 0 Å². The van der Waals surface area contributed by atoms with E-state index in [-0.39, 0.29) is 17.7 Å². The van der Waals surface area contributed by atoms with Gasteiger partial charge in [-0.25, -0.2) is 4.90 Å². The largest absolute Gasteiger partial charge is 0.322 e. The second-order valence-corrected chi connectivity index (χ2v) is 6.83. The summed E-state index contributed by atoms with van der Waals surface area (Å²) in [6, 6.07) is 20.5.